The molecular formula is C13H26N2OS. The molecule has 3 unspecified atom stereocenters. The van der Waals surface area contributed by atoms with Gasteiger partial charge in [0.15, 0.2) is 0 Å². The van der Waals surface area contributed by atoms with Crippen LogP contribution in [0.5, 0.6) is 0 Å². The lowest BCUT2D eigenvalue weighted by Gasteiger charge is -2.16. The minimum absolute atomic E-state index is 0.189. The van der Waals surface area contributed by atoms with Crippen LogP contribution in [-0.2, 0) is 4.79 Å². The lowest BCUT2D eigenvalue weighted by Crippen LogP contribution is -2.35. The van der Waals surface area contributed by atoms with Gasteiger partial charge in [0, 0.05) is 17.7 Å². The molecule has 0 radical (unpaired) electrons. The van der Waals surface area contributed by atoms with Gasteiger partial charge >= 0.3 is 0 Å². The third-order valence-electron chi connectivity index (χ3n) is 3.54. The lowest BCUT2D eigenvalue weighted by molar-refractivity contribution is -0.122. The minimum Gasteiger partial charge on any atom is -0.353 e. The molecule has 1 aliphatic rings. The molecule has 0 aromatic heterocycles. The second-order valence-corrected chi connectivity index (χ2v) is 6.45. The molecule has 1 rings (SSSR count). The zero-order valence-electron chi connectivity index (χ0n) is 11.1. The van der Waals surface area contributed by atoms with Crippen molar-refractivity contribution in [3.05, 3.63) is 0 Å². The van der Waals surface area contributed by atoms with Gasteiger partial charge in [-0.05, 0) is 37.5 Å². The van der Waals surface area contributed by atoms with Crippen molar-refractivity contribution in [3.63, 3.8) is 0 Å². The summed E-state index contributed by atoms with van der Waals surface area (Å²) in [5, 5.41) is 3.91. The van der Waals surface area contributed by atoms with E-state index in [1.807, 2.05) is 11.8 Å². The molecule has 100 valence electrons. The fourth-order valence-corrected chi connectivity index (χ4v) is 3.54. The molecule has 0 aliphatic heterocycles. The molecule has 1 fully saturated rings. The Bertz CT molecular complexity index is 231. The molecule has 1 saturated carbocycles. The Hall–Kier alpha value is -0.220. The van der Waals surface area contributed by atoms with Crippen LogP contribution in [0.2, 0.25) is 0 Å². The van der Waals surface area contributed by atoms with Crippen molar-refractivity contribution in [3.8, 4) is 0 Å². The quantitative estimate of drug-likeness (QED) is 0.735. The number of thioether (sulfide) groups is 1. The zero-order chi connectivity index (χ0) is 12.7. The molecule has 3 nitrogen and oxygen atoms in total. The van der Waals surface area contributed by atoms with Crippen molar-refractivity contribution >= 4 is 17.7 Å². The summed E-state index contributed by atoms with van der Waals surface area (Å²) >= 11 is 2.02. The zero-order valence-corrected chi connectivity index (χ0v) is 11.9. The first-order chi connectivity index (χ1) is 8.19. The second-order valence-electron chi connectivity index (χ2n) is 4.87. The van der Waals surface area contributed by atoms with Crippen LogP contribution in [0.15, 0.2) is 0 Å². The van der Waals surface area contributed by atoms with Crippen LogP contribution in [0.1, 0.15) is 46.0 Å². The minimum atomic E-state index is 0.189. The van der Waals surface area contributed by atoms with E-state index in [0.717, 1.165) is 24.5 Å². The predicted octanol–water partition coefficient (Wildman–Crippen LogP) is 2.15. The van der Waals surface area contributed by atoms with E-state index in [-0.39, 0.29) is 5.91 Å². The predicted molar refractivity (Wildman–Crippen MR) is 75.2 cm³/mol. The maximum absolute atomic E-state index is 11.8. The summed E-state index contributed by atoms with van der Waals surface area (Å²) in [4.78, 5) is 11.8. The van der Waals surface area contributed by atoms with Gasteiger partial charge < -0.3 is 11.1 Å². The van der Waals surface area contributed by atoms with Gasteiger partial charge in [0.1, 0.15) is 0 Å². The van der Waals surface area contributed by atoms with E-state index < -0.39 is 0 Å². The molecule has 1 amide bonds. The lowest BCUT2D eigenvalue weighted by atomic mass is 10.0. The van der Waals surface area contributed by atoms with Gasteiger partial charge in [-0.2, -0.15) is 11.8 Å². The van der Waals surface area contributed by atoms with Crippen LogP contribution in [0.3, 0.4) is 0 Å². The highest BCUT2D eigenvalue weighted by Gasteiger charge is 2.25. The Labute approximate surface area is 109 Å². The summed E-state index contributed by atoms with van der Waals surface area (Å²) in [5.41, 5.74) is 5.62. The van der Waals surface area contributed by atoms with Gasteiger partial charge in [0.2, 0.25) is 5.91 Å². The number of nitrogens with one attached hydrogen (secondary N) is 1. The molecule has 4 heteroatoms. The molecule has 0 heterocycles. The molecule has 0 spiro atoms. The van der Waals surface area contributed by atoms with Gasteiger partial charge in [-0.3, -0.25) is 4.79 Å². The fraction of sp³-hybridized carbons (Fsp3) is 0.923. The van der Waals surface area contributed by atoms with Gasteiger partial charge in [-0.15, -0.1) is 0 Å². The Morgan fingerprint density at radius 2 is 2.24 bits per heavy atom. The fourth-order valence-electron chi connectivity index (χ4n) is 2.40. The Kier molecular flexibility index (Phi) is 6.97. The summed E-state index contributed by atoms with van der Waals surface area (Å²) in [5.74, 6) is 1.71. The summed E-state index contributed by atoms with van der Waals surface area (Å²) in [6, 6.07) is 0.404. The third-order valence-corrected chi connectivity index (χ3v) is 4.77. The van der Waals surface area contributed by atoms with Crippen LogP contribution in [-0.4, -0.2) is 29.5 Å². The molecule has 0 aromatic rings. The maximum atomic E-state index is 11.8. The van der Waals surface area contributed by atoms with Gasteiger partial charge in [-0.25, -0.2) is 0 Å². The Morgan fingerprint density at radius 3 is 2.82 bits per heavy atom. The summed E-state index contributed by atoms with van der Waals surface area (Å²) in [6.45, 7) is 4.90. The molecule has 3 N–H and O–H groups in total. The van der Waals surface area contributed by atoms with E-state index in [1.165, 1.54) is 12.2 Å². The highest BCUT2D eigenvalue weighted by atomic mass is 32.2. The van der Waals surface area contributed by atoms with Crippen LogP contribution < -0.4 is 11.1 Å². The summed E-state index contributed by atoms with van der Waals surface area (Å²) in [7, 11) is 0. The smallest absolute Gasteiger partial charge is 0.220 e. The first-order valence-electron chi connectivity index (χ1n) is 6.80. The number of carbonyl (C=O) groups is 1. The van der Waals surface area contributed by atoms with Crippen LogP contribution in [0.4, 0.5) is 0 Å². The topological polar surface area (TPSA) is 55.1 Å². The van der Waals surface area contributed by atoms with E-state index in [0.29, 0.717) is 24.9 Å². The highest BCUT2D eigenvalue weighted by Crippen LogP contribution is 2.29. The summed E-state index contributed by atoms with van der Waals surface area (Å²) < 4.78 is 0. The van der Waals surface area contributed by atoms with E-state index in [2.05, 4.69) is 19.2 Å². The Morgan fingerprint density at radius 1 is 1.47 bits per heavy atom. The molecule has 0 aromatic carbocycles. The van der Waals surface area contributed by atoms with Crippen molar-refractivity contribution in [1.29, 1.82) is 0 Å². The monoisotopic (exact) mass is 258 g/mol. The molecule has 17 heavy (non-hydrogen) atoms. The third kappa shape index (κ3) is 5.30. The highest BCUT2D eigenvalue weighted by molar-refractivity contribution is 7.99. The SMILES string of the molecule is CCSC1CCC(NC(=O)CC(CC)CN)C1. The van der Waals surface area contributed by atoms with Crippen LogP contribution >= 0.6 is 11.8 Å². The van der Waals surface area contributed by atoms with Crippen LogP contribution in [0.25, 0.3) is 0 Å². The second kappa shape index (κ2) is 7.98. The standard InChI is InChI=1S/C13H26N2OS/c1-3-10(9-14)7-13(16)15-11-5-6-12(8-11)17-4-2/h10-12H,3-9,14H2,1-2H3,(H,15,16). The molecule has 3 atom stereocenters. The molecule has 1 aliphatic carbocycles. The summed E-state index contributed by atoms with van der Waals surface area (Å²) in [6.07, 6.45) is 5.11. The molecule has 0 bridgehead atoms. The molecular weight excluding hydrogens is 232 g/mol. The van der Waals surface area contributed by atoms with Crippen LogP contribution in [0, 0.1) is 5.92 Å². The number of hydrogen-bond donors (Lipinski definition) is 2. The number of nitrogens with two attached hydrogens (primary N) is 1. The largest absolute Gasteiger partial charge is 0.353 e. The van der Waals surface area contributed by atoms with E-state index in [4.69, 9.17) is 5.73 Å². The van der Waals surface area contributed by atoms with Crippen molar-refractivity contribution in [2.45, 2.75) is 57.2 Å². The van der Waals surface area contributed by atoms with Gasteiger partial charge in [-0.1, -0.05) is 20.3 Å². The number of carbonyl (C=O) groups excluding carboxylic acids is 1. The molecule has 0 saturated heterocycles. The first-order valence-corrected chi connectivity index (χ1v) is 7.85. The van der Waals surface area contributed by atoms with E-state index in [9.17, 15) is 4.79 Å². The van der Waals surface area contributed by atoms with Crippen molar-refractivity contribution in [2.75, 3.05) is 12.3 Å². The average Bonchev–Trinajstić information content (AvgIpc) is 2.74. The van der Waals surface area contributed by atoms with E-state index >= 15 is 0 Å². The number of amides is 1. The first kappa shape index (κ1) is 14.8. The number of hydrogen-bond acceptors (Lipinski definition) is 3. The number of rotatable bonds is 7. The van der Waals surface area contributed by atoms with Crippen molar-refractivity contribution in [1.82, 2.24) is 5.32 Å². The normalized spacial score (nSPS) is 25.8. The van der Waals surface area contributed by atoms with Gasteiger partial charge in [0.25, 0.3) is 0 Å². The van der Waals surface area contributed by atoms with Gasteiger partial charge in [0.05, 0.1) is 0 Å². The maximum Gasteiger partial charge on any atom is 0.220 e. The average molecular weight is 258 g/mol. The van der Waals surface area contributed by atoms with Crippen molar-refractivity contribution in [2.24, 2.45) is 11.7 Å². The van der Waals surface area contributed by atoms with Crippen molar-refractivity contribution < 1.29 is 4.79 Å². The Balaban J connectivity index is 2.23. The van der Waals surface area contributed by atoms with E-state index in [1.54, 1.807) is 0 Å².